The SMILES string of the molecule is Cc1cc(OCC(=O)N2CCN(C=O)CC2)ccc1Cl. The lowest BCUT2D eigenvalue weighted by Gasteiger charge is -2.32. The van der Waals surface area contributed by atoms with Gasteiger partial charge in [0.15, 0.2) is 6.61 Å². The van der Waals surface area contributed by atoms with E-state index in [1.807, 2.05) is 6.92 Å². The highest BCUT2D eigenvalue weighted by Crippen LogP contribution is 2.21. The average Bonchev–Trinajstić information content (AvgIpc) is 2.48. The molecule has 0 aliphatic carbocycles. The molecule has 1 saturated heterocycles. The number of aryl methyl sites for hydroxylation is 1. The van der Waals surface area contributed by atoms with Crippen LogP contribution in [0.25, 0.3) is 0 Å². The van der Waals surface area contributed by atoms with Crippen molar-refractivity contribution in [3.05, 3.63) is 28.8 Å². The van der Waals surface area contributed by atoms with Crippen LogP contribution in [-0.2, 0) is 9.59 Å². The fourth-order valence-electron chi connectivity index (χ4n) is 2.02. The van der Waals surface area contributed by atoms with E-state index in [9.17, 15) is 9.59 Å². The fraction of sp³-hybridized carbons (Fsp3) is 0.429. The van der Waals surface area contributed by atoms with Gasteiger partial charge in [-0.25, -0.2) is 0 Å². The third-order valence-corrected chi connectivity index (χ3v) is 3.73. The Balaban J connectivity index is 1.83. The van der Waals surface area contributed by atoms with Crippen molar-refractivity contribution in [1.29, 1.82) is 0 Å². The number of benzene rings is 1. The van der Waals surface area contributed by atoms with Crippen molar-refractivity contribution < 1.29 is 14.3 Å². The number of piperazine rings is 1. The van der Waals surface area contributed by atoms with Crippen molar-refractivity contribution in [2.75, 3.05) is 32.8 Å². The molecule has 1 aliphatic rings. The number of rotatable bonds is 4. The number of hydrogen-bond acceptors (Lipinski definition) is 3. The molecule has 5 nitrogen and oxygen atoms in total. The Kier molecular flexibility index (Phi) is 4.84. The highest BCUT2D eigenvalue weighted by Gasteiger charge is 2.20. The molecule has 0 saturated carbocycles. The zero-order chi connectivity index (χ0) is 14.5. The summed E-state index contributed by atoms with van der Waals surface area (Å²) < 4.78 is 5.48. The van der Waals surface area contributed by atoms with Crippen molar-refractivity contribution in [3.8, 4) is 5.75 Å². The first kappa shape index (κ1) is 14.7. The molecule has 0 atom stereocenters. The van der Waals surface area contributed by atoms with E-state index in [0.29, 0.717) is 37.0 Å². The Morgan fingerprint density at radius 3 is 2.65 bits per heavy atom. The summed E-state index contributed by atoms with van der Waals surface area (Å²) in [6.07, 6.45) is 0.814. The molecule has 1 aromatic rings. The molecule has 20 heavy (non-hydrogen) atoms. The van der Waals surface area contributed by atoms with Gasteiger partial charge in [-0.05, 0) is 30.7 Å². The van der Waals surface area contributed by atoms with E-state index in [1.54, 1.807) is 28.0 Å². The van der Waals surface area contributed by atoms with Gasteiger partial charge in [-0.2, -0.15) is 0 Å². The summed E-state index contributed by atoms with van der Waals surface area (Å²) in [6, 6.07) is 5.30. The third kappa shape index (κ3) is 3.63. The predicted octanol–water partition coefficient (Wildman–Crippen LogP) is 1.33. The van der Waals surface area contributed by atoms with Crippen molar-refractivity contribution in [1.82, 2.24) is 9.80 Å². The largest absolute Gasteiger partial charge is 0.484 e. The number of nitrogens with zero attached hydrogens (tertiary/aromatic N) is 2. The molecule has 1 fully saturated rings. The highest BCUT2D eigenvalue weighted by atomic mass is 35.5. The van der Waals surface area contributed by atoms with E-state index in [4.69, 9.17) is 16.3 Å². The molecule has 0 radical (unpaired) electrons. The molecule has 2 amide bonds. The minimum absolute atomic E-state index is 0.00214. The lowest BCUT2D eigenvalue weighted by molar-refractivity contribution is -0.137. The van der Waals surface area contributed by atoms with Crippen LogP contribution in [0, 0.1) is 6.92 Å². The van der Waals surface area contributed by atoms with Crippen LogP contribution < -0.4 is 4.74 Å². The second-order valence-electron chi connectivity index (χ2n) is 4.72. The van der Waals surface area contributed by atoms with Gasteiger partial charge >= 0.3 is 0 Å². The van der Waals surface area contributed by atoms with Crippen LogP contribution >= 0.6 is 11.6 Å². The molecule has 0 aromatic heterocycles. The van der Waals surface area contributed by atoms with E-state index in [1.165, 1.54) is 0 Å². The van der Waals surface area contributed by atoms with Gasteiger partial charge in [0, 0.05) is 31.2 Å². The van der Waals surface area contributed by atoms with E-state index in [2.05, 4.69) is 0 Å². The monoisotopic (exact) mass is 296 g/mol. The molecular weight excluding hydrogens is 280 g/mol. The first-order valence-electron chi connectivity index (χ1n) is 6.46. The lowest BCUT2D eigenvalue weighted by atomic mass is 10.2. The minimum atomic E-state index is -0.0665. The molecule has 1 aliphatic heterocycles. The number of carbonyl (C=O) groups excluding carboxylic acids is 2. The zero-order valence-corrected chi connectivity index (χ0v) is 12.1. The predicted molar refractivity (Wildman–Crippen MR) is 75.9 cm³/mol. The summed E-state index contributed by atoms with van der Waals surface area (Å²) in [5.41, 5.74) is 0.913. The Labute approximate surface area is 123 Å². The first-order valence-corrected chi connectivity index (χ1v) is 6.84. The number of amides is 2. The molecule has 6 heteroatoms. The third-order valence-electron chi connectivity index (χ3n) is 3.31. The Morgan fingerprint density at radius 1 is 1.35 bits per heavy atom. The van der Waals surface area contributed by atoms with Gasteiger partial charge < -0.3 is 14.5 Å². The second-order valence-corrected chi connectivity index (χ2v) is 5.13. The molecule has 2 rings (SSSR count). The first-order chi connectivity index (χ1) is 9.60. The van der Waals surface area contributed by atoms with Crippen molar-refractivity contribution in [3.63, 3.8) is 0 Å². The molecule has 0 N–H and O–H groups in total. The summed E-state index contributed by atoms with van der Waals surface area (Å²) in [4.78, 5) is 26.0. The fourth-order valence-corrected chi connectivity index (χ4v) is 2.14. The van der Waals surface area contributed by atoms with Gasteiger partial charge in [-0.1, -0.05) is 11.6 Å². The van der Waals surface area contributed by atoms with Crippen LogP contribution in [0.2, 0.25) is 5.02 Å². The summed E-state index contributed by atoms with van der Waals surface area (Å²) in [5, 5.41) is 0.675. The van der Waals surface area contributed by atoms with Gasteiger partial charge in [0.25, 0.3) is 5.91 Å². The highest BCUT2D eigenvalue weighted by molar-refractivity contribution is 6.31. The van der Waals surface area contributed by atoms with Crippen molar-refractivity contribution in [2.45, 2.75) is 6.92 Å². The van der Waals surface area contributed by atoms with E-state index in [-0.39, 0.29) is 12.5 Å². The average molecular weight is 297 g/mol. The van der Waals surface area contributed by atoms with Crippen molar-refractivity contribution in [2.24, 2.45) is 0 Å². The molecule has 0 unspecified atom stereocenters. The lowest BCUT2D eigenvalue weighted by Crippen LogP contribution is -2.49. The maximum absolute atomic E-state index is 12.0. The van der Waals surface area contributed by atoms with Crippen LogP contribution in [0.3, 0.4) is 0 Å². The van der Waals surface area contributed by atoms with Gasteiger partial charge in [0.2, 0.25) is 6.41 Å². The Morgan fingerprint density at radius 2 is 2.05 bits per heavy atom. The molecule has 0 bridgehead atoms. The minimum Gasteiger partial charge on any atom is -0.484 e. The quantitative estimate of drug-likeness (QED) is 0.788. The number of hydrogen-bond donors (Lipinski definition) is 0. The van der Waals surface area contributed by atoms with Gasteiger partial charge in [0.05, 0.1) is 0 Å². The van der Waals surface area contributed by atoms with Crippen LogP contribution in [-0.4, -0.2) is 54.9 Å². The standard InChI is InChI=1S/C14H17ClN2O3/c1-11-8-12(2-3-13(11)15)20-9-14(19)17-6-4-16(10-18)5-7-17/h2-3,8,10H,4-7,9H2,1H3. The van der Waals surface area contributed by atoms with E-state index in [0.717, 1.165) is 12.0 Å². The van der Waals surface area contributed by atoms with E-state index < -0.39 is 0 Å². The number of halogens is 1. The van der Waals surface area contributed by atoms with Gasteiger partial charge in [-0.3, -0.25) is 9.59 Å². The zero-order valence-electron chi connectivity index (χ0n) is 11.3. The molecule has 108 valence electrons. The summed E-state index contributed by atoms with van der Waals surface area (Å²) in [7, 11) is 0. The summed E-state index contributed by atoms with van der Waals surface area (Å²) in [5.74, 6) is 0.565. The van der Waals surface area contributed by atoms with E-state index >= 15 is 0 Å². The second kappa shape index (κ2) is 6.61. The van der Waals surface area contributed by atoms with Gasteiger partial charge in [-0.15, -0.1) is 0 Å². The Bertz CT molecular complexity index is 499. The number of carbonyl (C=O) groups is 2. The molecular formula is C14H17ClN2O3. The van der Waals surface area contributed by atoms with Crippen molar-refractivity contribution >= 4 is 23.9 Å². The maximum Gasteiger partial charge on any atom is 0.260 e. The molecule has 1 heterocycles. The molecule has 1 aromatic carbocycles. The van der Waals surface area contributed by atoms with Crippen LogP contribution in [0.5, 0.6) is 5.75 Å². The Hall–Kier alpha value is -1.75. The van der Waals surface area contributed by atoms with Crippen LogP contribution in [0.4, 0.5) is 0 Å². The summed E-state index contributed by atoms with van der Waals surface area (Å²) >= 11 is 5.93. The van der Waals surface area contributed by atoms with Crippen LogP contribution in [0.1, 0.15) is 5.56 Å². The summed E-state index contributed by atoms with van der Waals surface area (Å²) in [6.45, 7) is 4.16. The normalized spacial score (nSPS) is 15.1. The molecule has 0 spiro atoms. The number of ether oxygens (including phenoxy) is 1. The van der Waals surface area contributed by atoms with Crippen LogP contribution in [0.15, 0.2) is 18.2 Å². The van der Waals surface area contributed by atoms with Gasteiger partial charge in [0.1, 0.15) is 5.75 Å². The smallest absolute Gasteiger partial charge is 0.260 e. The topological polar surface area (TPSA) is 49.9 Å². The maximum atomic E-state index is 12.0.